The standard InChI is InChI=1S/C23H22Cl2N2O6S4.Na/c1-14(36(28,29)30)7-9-26-17-11-15(24)3-5-19(17)34-21(26)13-22-27(10-8-23(27,2)37(31,32)33)18-12-16(25)4-6-20(18)35-22;/h3-6,11-14H,7-10H2,1-2H3;/q;+1. The summed E-state index contributed by atoms with van der Waals surface area (Å²) in [6, 6.07) is 10.6. The number of hydrogen-bond donors (Lipinski definition) is 0. The van der Waals surface area contributed by atoms with Crippen molar-refractivity contribution >= 4 is 88.5 Å². The normalized spacial score (nSPS) is 24.8. The number of thioether (sulfide) groups is 1. The van der Waals surface area contributed by atoms with Gasteiger partial charge < -0.3 is 9.11 Å². The number of nitrogens with zero attached hydrogens (tertiary/aromatic N) is 2. The summed E-state index contributed by atoms with van der Waals surface area (Å²) < 4.78 is 74.9. The second-order valence-electron chi connectivity index (χ2n) is 9.41. The Morgan fingerprint density at radius 2 is 1.79 bits per heavy atom. The average molecular weight is 645 g/mol. The van der Waals surface area contributed by atoms with E-state index in [1.807, 2.05) is 22.8 Å². The van der Waals surface area contributed by atoms with Crippen LogP contribution in [0.1, 0.15) is 31.7 Å². The number of aromatic nitrogens is 1. The van der Waals surface area contributed by atoms with E-state index in [1.165, 1.54) is 36.9 Å². The number of rotatable bonds is 6. The third-order valence-corrected chi connectivity index (χ3v) is 13.0. The van der Waals surface area contributed by atoms with E-state index in [0.717, 1.165) is 15.1 Å². The monoisotopic (exact) mass is 643 g/mol. The van der Waals surface area contributed by atoms with E-state index in [9.17, 15) is 25.9 Å². The molecule has 1 fully saturated rings. The van der Waals surface area contributed by atoms with Gasteiger partial charge in [0.1, 0.15) is 4.70 Å². The van der Waals surface area contributed by atoms with Gasteiger partial charge in [0.15, 0.2) is 27.4 Å². The van der Waals surface area contributed by atoms with Crippen LogP contribution in [-0.4, -0.2) is 42.6 Å². The number of benzene rings is 2. The molecule has 1 spiro atoms. The number of halogens is 2. The fourth-order valence-corrected chi connectivity index (χ4v) is 9.36. The van der Waals surface area contributed by atoms with Crippen molar-refractivity contribution in [3.63, 3.8) is 0 Å². The van der Waals surface area contributed by atoms with Crippen LogP contribution in [0.25, 0.3) is 16.3 Å². The first-order valence-electron chi connectivity index (χ1n) is 11.3. The maximum Gasteiger partial charge on any atom is 1.00 e. The van der Waals surface area contributed by atoms with Gasteiger partial charge in [-0.1, -0.05) is 34.5 Å². The molecule has 2 aliphatic rings. The topological polar surface area (TPSA) is 118 Å². The first-order chi connectivity index (χ1) is 17.2. The van der Waals surface area contributed by atoms with E-state index in [4.69, 9.17) is 23.2 Å². The SMILES string of the molecule is CC(CC[n+]1c(C=C2Sc3ccc(Cl)cc3[N+]23CCC3(C)S(=O)(=O)[O-])sc2ccc(Cl)cc21)S(=O)(=O)[O-].[Na+]. The molecular weight excluding hydrogens is 622 g/mol. The van der Waals surface area contributed by atoms with E-state index in [1.54, 1.807) is 24.3 Å². The van der Waals surface area contributed by atoms with Crippen molar-refractivity contribution in [3.05, 3.63) is 56.5 Å². The molecule has 38 heavy (non-hydrogen) atoms. The second kappa shape index (κ2) is 10.6. The molecule has 15 heteroatoms. The quantitative estimate of drug-likeness (QED) is 0.174. The van der Waals surface area contributed by atoms with Gasteiger partial charge in [0.2, 0.25) is 10.4 Å². The van der Waals surface area contributed by atoms with Crippen molar-refractivity contribution in [1.82, 2.24) is 4.48 Å². The minimum Gasteiger partial charge on any atom is -0.748 e. The van der Waals surface area contributed by atoms with Crippen LogP contribution in [0.2, 0.25) is 10.0 Å². The van der Waals surface area contributed by atoms with E-state index in [0.29, 0.717) is 32.3 Å². The molecule has 1 aromatic heterocycles. The van der Waals surface area contributed by atoms with Crippen LogP contribution in [0.5, 0.6) is 0 Å². The van der Waals surface area contributed by atoms with Crippen LogP contribution < -0.4 is 38.6 Å². The molecule has 0 amide bonds. The summed E-state index contributed by atoms with van der Waals surface area (Å²) in [6.45, 7) is 3.48. The van der Waals surface area contributed by atoms with Gasteiger partial charge in [-0.05, 0) is 43.0 Å². The summed E-state index contributed by atoms with van der Waals surface area (Å²) in [4.78, 5) is -0.801. The summed E-state index contributed by atoms with van der Waals surface area (Å²) >= 11 is 15.4. The van der Waals surface area contributed by atoms with Gasteiger partial charge in [0.05, 0.1) is 39.3 Å². The molecule has 2 aromatic carbocycles. The van der Waals surface area contributed by atoms with E-state index in [-0.39, 0.29) is 53.4 Å². The fourth-order valence-electron chi connectivity index (χ4n) is 4.98. The summed E-state index contributed by atoms with van der Waals surface area (Å²) in [6.07, 6.45) is 2.14. The Morgan fingerprint density at radius 3 is 2.39 bits per heavy atom. The van der Waals surface area contributed by atoms with Crippen LogP contribution in [0.15, 0.2) is 46.3 Å². The minimum atomic E-state index is -4.71. The molecule has 8 nitrogen and oxygen atoms in total. The molecule has 0 saturated carbocycles. The van der Waals surface area contributed by atoms with Crippen molar-refractivity contribution < 1.29 is 60.1 Å². The van der Waals surface area contributed by atoms with Crippen LogP contribution in [-0.2, 0) is 26.8 Å². The molecule has 3 atom stereocenters. The molecule has 3 unspecified atom stereocenters. The second-order valence-corrected chi connectivity index (χ2v) is 16.0. The van der Waals surface area contributed by atoms with Crippen molar-refractivity contribution in [2.75, 3.05) is 6.54 Å². The van der Waals surface area contributed by atoms with Crippen LogP contribution in [0, 0.1) is 0 Å². The Labute approximate surface area is 262 Å². The Balaban J connectivity index is 0.00000336. The molecule has 198 valence electrons. The van der Waals surface area contributed by atoms with Gasteiger partial charge in [0.25, 0.3) is 5.01 Å². The maximum absolute atomic E-state index is 12.6. The zero-order valence-electron chi connectivity index (χ0n) is 20.7. The van der Waals surface area contributed by atoms with Gasteiger partial charge in [-0.15, -0.1) is 0 Å². The van der Waals surface area contributed by atoms with Gasteiger partial charge in [-0.3, -0.25) is 0 Å². The zero-order chi connectivity index (χ0) is 27.0. The molecule has 2 aliphatic heterocycles. The Bertz CT molecular complexity index is 1700. The van der Waals surface area contributed by atoms with Crippen LogP contribution >= 0.6 is 46.3 Å². The molecule has 1 saturated heterocycles. The average Bonchev–Trinajstić information content (AvgIpc) is 3.30. The first kappa shape index (κ1) is 30.7. The summed E-state index contributed by atoms with van der Waals surface area (Å²) in [7, 11) is -9.17. The van der Waals surface area contributed by atoms with Crippen molar-refractivity contribution in [1.29, 1.82) is 0 Å². The van der Waals surface area contributed by atoms with Gasteiger partial charge in [-0.25, -0.2) is 21.3 Å². The van der Waals surface area contributed by atoms with Crippen molar-refractivity contribution in [3.8, 4) is 0 Å². The van der Waals surface area contributed by atoms with Gasteiger partial charge in [0, 0.05) is 35.5 Å². The third kappa shape index (κ3) is 4.92. The third-order valence-electron chi connectivity index (χ3n) is 7.37. The molecule has 5 rings (SSSR count). The van der Waals surface area contributed by atoms with E-state index < -0.39 is 30.4 Å². The largest absolute Gasteiger partial charge is 1.00 e. The first-order valence-corrected chi connectivity index (χ1v) is 16.5. The van der Waals surface area contributed by atoms with Gasteiger partial charge in [-0.2, -0.15) is 4.57 Å². The smallest absolute Gasteiger partial charge is 0.748 e. The zero-order valence-corrected chi connectivity index (χ0v) is 27.5. The number of quaternary nitrogens is 1. The summed E-state index contributed by atoms with van der Waals surface area (Å²) in [5.41, 5.74) is 1.43. The number of hydrogen-bond acceptors (Lipinski definition) is 8. The predicted octanol–water partition coefficient (Wildman–Crippen LogP) is 1.90. The van der Waals surface area contributed by atoms with Gasteiger partial charge >= 0.3 is 29.6 Å². The Morgan fingerprint density at radius 1 is 1.13 bits per heavy atom. The number of thiazole rings is 1. The molecule has 0 aliphatic carbocycles. The van der Waals surface area contributed by atoms with Crippen molar-refractivity contribution in [2.24, 2.45) is 0 Å². The number of aryl methyl sites for hydroxylation is 1. The minimum absolute atomic E-state index is 0. The molecule has 0 radical (unpaired) electrons. The van der Waals surface area contributed by atoms with Crippen molar-refractivity contribution in [2.45, 2.75) is 48.3 Å². The molecule has 0 bridgehead atoms. The Hall–Kier alpha value is -0.220. The summed E-state index contributed by atoms with van der Waals surface area (Å²) in [5.74, 6) is 0. The summed E-state index contributed by atoms with van der Waals surface area (Å²) in [5, 5.41) is 1.21. The van der Waals surface area contributed by atoms with Crippen LogP contribution in [0.4, 0.5) is 5.69 Å². The predicted molar refractivity (Wildman–Crippen MR) is 145 cm³/mol. The number of fused-ring (bicyclic) bond motifs is 3. The fraction of sp³-hybridized carbons (Fsp3) is 0.348. The van der Waals surface area contributed by atoms with E-state index >= 15 is 0 Å². The van der Waals surface area contributed by atoms with E-state index in [2.05, 4.69) is 0 Å². The molecule has 3 heterocycles. The van der Waals surface area contributed by atoms with Crippen LogP contribution in [0.3, 0.4) is 0 Å². The molecule has 3 aromatic rings. The molecular formula is C23H22Cl2N2NaO6S4+. The molecule has 0 N–H and O–H groups in total. The maximum atomic E-state index is 12.6. The Kier molecular flexibility index (Phi) is 8.54.